The molecule has 0 aliphatic carbocycles. The van der Waals surface area contributed by atoms with Crippen molar-refractivity contribution in [2.75, 3.05) is 5.32 Å². The maximum atomic E-state index is 12.1. The topological polar surface area (TPSA) is 81.4 Å². The fraction of sp³-hybridized carbons (Fsp3) is 0.143. The Hall–Kier alpha value is -3.10. The highest BCUT2D eigenvalue weighted by Crippen LogP contribution is 2.18. The van der Waals surface area contributed by atoms with Gasteiger partial charge in [-0.15, -0.1) is 5.10 Å². The Balaban J connectivity index is 1.76. The van der Waals surface area contributed by atoms with E-state index in [9.17, 15) is 13.6 Å². The molecule has 0 saturated carbocycles. The third-order valence-corrected chi connectivity index (χ3v) is 2.97. The predicted octanol–water partition coefficient (Wildman–Crippen LogP) is 2.29. The fourth-order valence-electron chi connectivity index (χ4n) is 1.91. The van der Waals surface area contributed by atoms with Gasteiger partial charge < -0.3 is 10.1 Å². The first kappa shape index (κ1) is 14.8. The van der Waals surface area contributed by atoms with Crippen LogP contribution in [-0.4, -0.2) is 32.1 Å². The molecule has 1 N–H and O–H groups in total. The zero-order valence-electron chi connectivity index (χ0n) is 11.9. The number of alkyl halides is 2. The molecule has 0 saturated heterocycles. The van der Waals surface area contributed by atoms with E-state index in [2.05, 4.69) is 25.1 Å². The van der Waals surface area contributed by atoms with E-state index in [1.165, 1.54) is 28.8 Å². The number of carbonyl (C=O) groups is 1. The van der Waals surface area contributed by atoms with Crippen molar-refractivity contribution in [1.82, 2.24) is 19.6 Å². The van der Waals surface area contributed by atoms with E-state index in [-0.39, 0.29) is 11.6 Å². The molecule has 0 spiro atoms. The Bertz CT molecular complexity index is 848. The summed E-state index contributed by atoms with van der Waals surface area (Å²) < 4.78 is 29.8. The zero-order chi connectivity index (χ0) is 16.4. The lowest BCUT2D eigenvalue weighted by Gasteiger charge is -2.06. The molecule has 3 rings (SSSR count). The summed E-state index contributed by atoms with van der Waals surface area (Å²) in [4.78, 5) is 20.2. The number of ether oxygens (including phenoxy) is 1. The highest BCUT2D eigenvalue weighted by atomic mass is 19.3. The van der Waals surface area contributed by atoms with Crippen molar-refractivity contribution in [2.24, 2.45) is 0 Å². The molecule has 0 aliphatic heterocycles. The minimum Gasteiger partial charge on any atom is -0.435 e. The number of amides is 1. The predicted molar refractivity (Wildman–Crippen MR) is 76.5 cm³/mol. The average Bonchev–Trinajstić information content (AvgIpc) is 2.94. The van der Waals surface area contributed by atoms with E-state index in [1.54, 1.807) is 12.3 Å². The second kappa shape index (κ2) is 5.95. The maximum Gasteiger partial charge on any atom is 0.387 e. The molecule has 1 amide bonds. The summed E-state index contributed by atoms with van der Waals surface area (Å²) in [5.74, 6) is -0.253. The van der Waals surface area contributed by atoms with Crippen molar-refractivity contribution in [1.29, 1.82) is 0 Å². The molecular weight excluding hydrogens is 308 g/mol. The van der Waals surface area contributed by atoms with Gasteiger partial charge in [0, 0.05) is 17.6 Å². The minimum atomic E-state index is -2.90. The van der Waals surface area contributed by atoms with Crippen molar-refractivity contribution < 1.29 is 18.3 Å². The highest BCUT2D eigenvalue weighted by Gasteiger charge is 2.14. The number of halogens is 2. The lowest BCUT2D eigenvalue weighted by atomic mass is 10.3. The van der Waals surface area contributed by atoms with Gasteiger partial charge in [-0.05, 0) is 37.3 Å². The van der Waals surface area contributed by atoms with Gasteiger partial charge in [-0.3, -0.25) is 4.79 Å². The van der Waals surface area contributed by atoms with Crippen LogP contribution in [0.25, 0.3) is 5.78 Å². The van der Waals surface area contributed by atoms with E-state index in [4.69, 9.17) is 0 Å². The van der Waals surface area contributed by atoms with Crippen molar-refractivity contribution in [3.8, 4) is 5.75 Å². The maximum absolute atomic E-state index is 12.1. The third kappa shape index (κ3) is 3.23. The average molecular weight is 319 g/mol. The van der Waals surface area contributed by atoms with Crippen LogP contribution in [0.15, 0.2) is 36.5 Å². The van der Waals surface area contributed by atoms with Crippen LogP contribution in [0.5, 0.6) is 5.75 Å². The molecule has 0 bridgehead atoms. The number of rotatable bonds is 4. The monoisotopic (exact) mass is 319 g/mol. The first-order valence-electron chi connectivity index (χ1n) is 6.57. The van der Waals surface area contributed by atoms with Crippen molar-refractivity contribution in [3.05, 3.63) is 48.0 Å². The van der Waals surface area contributed by atoms with Gasteiger partial charge >= 0.3 is 6.61 Å². The standard InChI is InChI=1S/C14H11F2N5O2/c1-8-6-7-17-14-19-11(20-21(8)14)12(22)18-9-2-4-10(5-3-9)23-13(15)16/h2-7,13H,1H3,(H,18,22). The third-order valence-electron chi connectivity index (χ3n) is 2.97. The van der Waals surface area contributed by atoms with Crippen LogP contribution in [0.4, 0.5) is 14.5 Å². The summed E-state index contributed by atoms with van der Waals surface area (Å²) >= 11 is 0. The summed E-state index contributed by atoms with van der Waals surface area (Å²) in [6.45, 7) is -1.08. The summed E-state index contributed by atoms with van der Waals surface area (Å²) in [5, 5.41) is 6.64. The van der Waals surface area contributed by atoms with E-state index in [0.29, 0.717) is 11.5 Å². The molecule has 118 valence electrons. The van der Waals surface area contributed by atoms with Gasteiger partial charge in [0.15, 0.2) is 0 Å². The summed E-state index contributed by atoms with van der Waals surface area (Å²) in [6, 6.07) is 7.27. The van der Waals surface area contributed by atoms with Gasteiger partial charge in [-0.1, -0.05) is 0 Å². The number of aromatic nitrogens is 4. The van der Waals surface area contributed by atoms with Gasteiger partial charge in [0.05, 0.1) is 0 Å². The van der Waals surface area contributed by atoms with Crippen molar-refractivity contribution in [3.63, 3.8) is 0 Å². The van der Waals surface area contributed by atoms with Crippen LogP contribution >= 0.6 is 0 Å². The number of hydrogen-bond donors (Lipinski definition) is 1. The first-order valence-corrected chi connectivity index (χ1v) is 6.57. The first-order chi connectivity index (χ1) is 11.0. The number of aryl methyl sites for hydroxylation is 1. The second-order valence-electron chi connectivity index (χ2n) is 4.59. The second-order valence-corrected chi connectivity index (χ2v) is 4.59. The quantitative estimate of drug-likeness (QED) is 0.798. The van der Waals surface area contributed by atoms with Crippen molar-refractivity contribution >= 4 is 17.4 Å². The molecule has 9 heteroatoms. The Morgan fingerprint density at radius 2 is 2.00 bits per heavy atom. The molecule has 2 aromatic heterocycles. The van der Waals surface area contributed by atoms with Crippen LogP contribution in [0.3, 0.4) is 0 Å². The zero-order valence-corrected chi connectivity index (χ0v) is 11.9. The molecule has 1 aromatic carbocycles. The number of fused-ring (bicyclic) bond motifs is 1. The van der Waals surface area contributed by atoms with Crippen LogP contribution in [0, 0.1) is 6.92 Å². The molecule has 0 atom stereocenters. The molecule has 0 aliphatic rings. The number of hydrogen-bond acceptors (Lipinski definition) is 5. The van der Waals surface area contributed by atoms with E-state index < -0.39 is 12.5 Å². The summed E-state index contributed by atoms with van der Waals surface area (Å²) in [5.41, 5.74) is 1.19. The smallest absolute Gasteiger partial charge is 0.387 e. The van der Waals surface area contributed by atoms with Crippen LogP contribution in [-0.2, 0) is 0 Å². The van der Waals surface area contributed by atoms with Gasteiger partial charge in [0.1, 0.15) is 5.75 Å². The number of benzene rings is 1. The molecule has 2 heterocycles. The molecule has 7 nitrogen and oxygen atoms in total. The normalized spacial score (nSPS) is 11.0. The lowest BCUT2D eigenvalue weighted by Crippen LogP contribution is -2.14. The van der Waals surface area contributed by atoms with Crippen LogP contribution in [0.2, 0.25) is 0 Å². The number of carbonyl (C=O) groups excluding carboxylic acids is 1. The summed E-state index contributed by atoms with van der Waals surface area (Å²) in [6.07, 6.45) is 1.57. The van der Waals surface area contributed by atoms with Gasteiger partial charge in [-0.2, -0.15) is 13.8 Å². The molecular formula is C14H11F2N5O2. The molecule has 0 unspecified atom stereocenters. The van der Waals surface area contributed by atoms with E-state index in [0.717, 1.165) is 5.69 Å². The highest BCUT2D eigenvalue weighted by molar-refractivity contribution is 6.01. The largest absolute Gasteiger partial charge is 0.435 e. The van der Waals surface area contributed by atoms with Gasteiger partial charge in [0.25, 0.3) is 11.7 Å². The Morgan fingerprint density at radius 1 is 1.26 bits per heavy atom. The molecule has 23 heavy (non-hydrogen) atoms. The van der Waals surface area contributed by atoms with Crippen LogP contribution < -0.4 is 10.1 Å². The van der Waals surface area contributed by atoms with Gasteiger partial charge in [0.2, 0.25) is 5.82 Å². The lowest BCUT2D eigenvalue weighted by molar-refractivity contribution is -0.0498. The number of nitrogens with zero attached hydrogens (tertiary/aromatic N) is 4. The SMILES string of the molecule is Cc1ccnc2nc(C(=O)Nc3ccc(OC(F)F)cc3)nn12. The van der Waals surface area contributed by atoms with Gasteiger partial charge in [-0.25, -0.2) is 9.50 Å². The van der Waals surface area contributed by atoms with Crippen molar-refractivity contribution in [2.45, 2.75) is 13.5 Å². The molecule has 3 aromatic rings. The van der Waals surface area contributed by atoms with E-state index in [1.807, 2.05) is 6.92 Å². The minimum absolute atomic E-state index is 0.00341. The molecule has 0 radical (unpaired) electrons. The number of anilines is 1. The Labute approximate surface area is 128 Å². The van der Waals surface area contributed by atoms with E-state index >= 15 is 0 Å². The fourth-order valence-corrected chi connectivity index (χ4v) is 1.91. The Kier molecular flexibility index (Phi) is 3.83. The Morgan fingerprint density at radius 3 is 2.65 bits per heavy atom. The molecule has 0 fully saturated rings. The number of nitrogens with one attached hydrogen (secondary N) is 1. The summed E-state index contributed by atoms with van der Waals surface area (Å²) in [7, 11) is 0. The van der Waals surface area contributed by atoms with Crippen LogP contribution in [0.1, 0.15) is 16.3 Å².